The monoisotopic (exact) mass is 598 g/mol. The van der Waals surface area contributed by atoms with Gasteiger partial charge in [0, 0.05) is 0 Å². The van der Waals surface area contributed by atoms with Crippen LogP contribution in [0.1, 0.15) is 50.4 Å². The normalized spacial score (nSPS) is 12.9. The van der Waals surface area contributed by atoms with Crippen LogP contribution in [0.3, 0.4) is 0 Å². The van der Waals surface area contributed by atoms with Crippen LogP contribution in [0.2, 0.25) is 14.8 Å². The molecule has 0 aliphatic heterocycles. The maximum Gasteiger partial charge on any atom is 0.325 e. The maximum absolute atomic E-state index is 13.0. The average Bonchev–Trinajstić information content (AvgIpc) is 2.82. The van der Waals surface area contributed by atoms with Crippen LogP contribution in [0.25, 0.3) is 16.7 Å². The summed E-state index contributed by atoms with van der Waals surface area (Å²) in [6.07, 6.45) is 2.27. The first-order valence-electron chi connectivity index (χ1n) is 12.5. The van der Waals surface area contributed by atoms with Crippen molar-refractivity contribution in [3.63, 3.8) is 0 Å². The molecular formula is C28H38N4O3Sn. The molecule has 7 nitrogen and oxygen atoms in total. The number of amides is 2. The molecule has 2 unspecified atom stereocenters. The van der Waals surface area contributed by atoms with E-state index in [-0.39, 0.29) is 11.8 Å². The number of ketones is 1. The van der Waals surface area contributed by atoms with Crippen molar-refractivity contribution in [2.24, 2.45) is 5.92 Å². The number of carbonyl (C=O) groups excluding carboxylic acids is 3. The fraction of sp³-hybridized carbons (Fsp3) is 0.429. The third kappa shape index (κ3) is 8.71. The van der Waals surface area contributed by atoms with Gasteiger partial charge >= 0.3 is 143 Å². The second-order valence-corrected chi connectivity index (χ2v) is 25.0. The first-order chi connectivity index (χ1) is 17.0. The zero-order chi connectivity index (χ0) is 26.9. The number of benzene rings is 2. The van der Waals surface area contributed by atoms with Gasteiger partial charge in [0.2, 0.25) is 0 Å². The molecule has 0 bridgehead atoms. The number of nitrogens with one attached hydrogen (secondary N) is 2. The molecule has 0 saturated carbocycles. The summed E-state index contributed by atoms with van der Waals surface area (Å²) in [5.74, 6) is -1.13. The van der Waals surface area contributed by atoms with E-state index in [1.54, 1.807) is 12.1 Å². The Morgan fingerprint density at radius 3 is 1.94 bits per heavy atom. The minimum atomic E-state index is -2.11. The summed E-state index contributed by atoms with van der Waals surface area (Å²) >= 11 is -2.11. The standard InChI is InChI=1S/C25H29N4O3.3CH3.Sn/c1-4-8-21(23(30)16-27-26)28-25(32)22(15-17(2)3)29-24(31)20-13-11-19(12-14-20)18-9-6-5-7-10-18;;;;/h6-7,9-14,16-17,21-22H,4,8,15H2,1-3H3,(H,28,32)(H,29,31);3*1H3;. The number of Topliss-reactive ketones (excluding diaryl/α,β-unsaturated/α-hetero) is 1. The molecule has 0 spiro atoms. The minimum Gasteiger partial charge on any atom is -0.361 e. The van der Waals surface area contributed by atoms with E-state index in [0.717, 1.165) is 17.3 Å². The Labute approximate surface area is 218 Å². The van der Waals surface area contributed by atoms with Crippen LogP contribution >= 0.6 is 0 Å². The zero-order valence-corrected chi connectivity index (χ0v) is 25.0. The third-order valence-electron chi connectivity index (χ3n) is 5.98. The minimum absolute atomic E-state index is 0.142. The Hall–Kier alpha value is -2.77. The van der Waals surface area contributed by atoms with Crippen molar-refractivity contribution in [1.29, 1.82) is 0 Å². The second kappa shape index (κ2) is 13.5. The van der Waals surface area contributed by atoms with Gasteiger partial charge in [0.25, 0.3) is 5.78 Å². The predicted molar refractivity (Wildman–Crippen MR) is 147 cm³/mol. The van der Waals surface area contributed by atoms with Crippen LogP contribution < -0.4 is 14.2 Å². The molecule has 2 N–H and O–H groups in total. The molecule has 0 saturated heterocycles. The quantitative estimate of drug-likeness (QED) is 0.166. The molecule has 192 valence electrons. The predicted octanol–water partition coefficient (Wildman–Crippen LogP) is 4.20. The van der Waals surface area contributed by atoms with E-state index in [1.165, 1.54) is 3.58 Å². The van der Waals surface area contributed by atoms with Crippen molar-refractivity contribution >= 4 is 45.8 Å². The first-order valence-corrected chi connectivity index (χ1v) is 22.5. The Morgan fingerprint density at radius 2 is 1.47 bits per heavy atom. The molecule has 0 radical (unpaired) electrons. The van der Waals surface area contributed by atoms with Crippen molar-refractivity contribution in [2.75, 3.05) is 0 Å². The third-order valence-corrected chi connectivity index (χ3v) is 11.9. The van der Waals surface area contributed by atoms with Gasteiger partial charge in [-0.2, -0.15) is 4.79 Å². The van der Waals surface area contributed by atoms with E-state index in [1.807, 2.05) is 32.9 Å². The van der Waals surface area contributed by atoms with Gasteiger partial charge in [-0.1, -0.05) is 27.2 Å². The number of carbonyl (C=O) groups is 3. The Bertz CT molecular complexity index is 1100. The molecule has 36 heavy (non-hydrogen) atoms. The fourth-order valence-corrected chi connectivity index (χ4v) is 7.24. The van der Waals surface area contributed by atoms with Crippen molar-refractivity contribution in [3.05, 3.63) is 59.6 Å². The van der Waals surface area contributed by atoms with Gasteiger partial charge in [-0.15, -0.1) is 0 Å². The van der Waals surface area contributed by atoms with Crippen molar-refractivity contribution in [2.45, 2.75) is 66.9 Å². The van der Waals surface area contributed by atoms with Gasteiger partial charge in [-0.25, -0.2) is 0 Å². The van der Waals surface area contributed by atoms with E-state index in [2.05, 4.69) is 54.5 Å². The van der Waals surface area contributed by atoms with Crippen LogP contribution in [0.4, 0.5) is 0 Å². The summed E-state index contributed by atoms with van der Waals surface area (Å²) in [6, 6.07) is 14.4. The number of nitrogens with zero attached hydrogens (tertiary/aromatic N) is 2. The van der Waals surface area contributed by atoms with Crippen LogP contribution in [-0.4, -0.2) is 59.1 Å². The zero-order valence-electron chi connectivity index (χ0n) is 22.2. The molecule has 0 aliphatic rings. The van der Waals surface area contributed by atoms with Gasteiger partial charge < -0.3 is 10.8 Å². The summed E-state index contributed by atoms with van der Waals surface area (Å²) in [5.41, 5.74) is 11.2. The molecule has 0 heterocycles. The van der Waals surface area contributed by atoms with Crippen LogP contribution in [0.15, 0.2) is 48.5 Å². The summed E-state index contributed by atoms with van der Waals surface area (Å²) in [6.45, 7) is 5.81. The summed E-state index contributed by atoms with van der Waals surface area (Å²) in [5, 5.41) is 5.54. The maximum atomic E-state index is 13.0. The van der Waals surface area contributed by atoms with Crippen molar-refractivity contribution < 1.29 is 19.2 Å². The largest absolute Gasteiger partial charge is 0.361 e. The molecule has 2 atom stereocenters. The van der Waals surface area contributed by atoms with E-state index in [9.17, 15) is 14.4 Å². The molecule has 2 amide bonds. The van der Waals surface area contributed by atoms with Gasteiger partial charge in [-0.05, 0) is 12.3 Å². The number of rotatable bonds is 12. The fourth-order valence-electron chi connectivity index (χ4n) is 3.91. The number of hydrogen-bond acceptors (Lipinski definition) is 3. The molecule has 2 aromatic carbocycles. The molecular weight excluding hydrogens is 559 g/mol. The first kappa shape index (κ1) is 29.5. The van der Waals surface area contributed by atoms with Gasteiger partial charge in [-0.3, -0.25) is 9.59 Å². The smallest absolute Gasteiger partial charge is 0.325 e. The molecule has 2 rings (SSSR count). The molecule has 0 fully saturated rings. The Morgan fingerprint density at radius 1 is 0.917 bits per heavy atom. The van der Waals surface area contributed by atoms with Gasteiger partial charge in [0.1, 0.15) is 0 Å². The molecule has 0 aromatic heterocycles. The second-order valence-electron chi connectivity index (χ2n) is 10.6. The van der Waals surface area contributed by atoms with E-state index < -0.39 is 42.2 Å². The topological polar surface area (TPSA) is 112 Å². The van der Waals surface area contributed by atoms with Crippen molar-refractivity contribution in [1.82, 2.24) is 10.6 Å². The van der Waals surface area contributed by atoms with Crippen LogP contribution in [0.5, 0.6) is 0 Å². The van der Waals surface area contributed by atoms with E-state index in [4.69, 9.17) is 5.53 Å². The van der Waals surface area contributed by atoms with Gasteiger partial charge in [0.05, 0.1) is 6.04 Å². The van der Waals surface area contributed by atoms with Crippen molar-refractivity contribution in [3.8, 4) is 11.1 Å². The molecule has 2 aromatic rings. The van der Waals surface area contributed by atoms with Crippen LogP contribution in [-0.2, 0) is 9.59 Å². The Balaban J connectivity index is 2.15. The average molecular weight is 597 g/mol. The van der Waals surface area contributed by atoms with E-state index in [0.29, 0.717) is 24.8 Å². The molecule has 8 heteroatoms. The summed E-state index contributed by atoms with van der Waals surface area (Å²) in [4.78, 5) is 48.1. The molecule has 0 aliphatic carbocycles. The van der Waals surface area contributed by atoms with Gasteiger partial charge in [0.15, 0.2) is 0 Å². The number of hydrogen-bond donors (Lipinski definition) is 2. The SMILES string of the molecule is CCCC(NC(=O)C(CC(C)C)NC(=O)c1ccc(-c2cc[c]([Sn]([CH3])([CH3])[CH3])cc2)cc1)C(=O)C=[N+]=[N-]. The summed E-state index contributed by atoms with van der Waals surface area (Å²) in [7, 11) is 0. The van der Waals surface area contributed by atoms with E-state index >= 15 is 0 Å². The van der Waals surface area contributed by atoms with Crippen LogP contribution in [0, 0.1) is 5.92 Å². The summed E-state index contributed by atoms with van der Waals surface area (Å²) < 4.78 is 1.46. The Kier molecular flexibility index (Phi) is 11.1.